The molecule has 0 spiro atoms. The molecular formula is C15H28N4. The summed E-state index contributed by atoms with van der Waals surface area (Å²) in [6, 6.07) is 0. The van der Waals surface area contributed by atoms with Crippen LogP contribution in [0.5, 0.6) is 0 Å². The van der Waals surface area contributed by atoms with Gasteiger partial charge in [0.25, 0.3) is 0 Å². The second-order valence-corrected chi connectivity index (χ2v) is 6.16. The average molecular weight is 264 g/mol. The summed E-state index contributed by atoms with van der Waals surface area (Å²) >= 11 is 0. The molecule has 4 nitrogen and oxygen atoms in total. The molecule has 0 bridgehead atoms. The summed E-state index contributed by atoms with van der Waals surface area (Å²) in [4.78, 5) is 2.43. The number of likely N-dealkylation sites (N-methyl/N-ethyl adjacent to an activating group) is 1. The fraction of sp³-hybridized carbons (Fsp3) is 0.800. The van der Waals surface area contributed by atoms with Gasteiger partial charge in [0.05, 0.1) is 6.20 Å². The maximum atomic E-state index is 4.30. The van der Waals surface area contributed by atoms with Crippen LogP contribution in [0.4, 0.5) is 0 Å². The predicted molar refractivity (Wildman–Crippen MR) is 79.2 cm³/mol. The molecule has 19 heavy (non-hydrogen) atoms. The zero-order valence-corrected chi connectivity index (χ0v) is 12.9. The number of rotatable bonds is 5. The van der Waals surface area contributed by atoms with Gasteiger partial charge in [-0.2, -0.15) is 5.10 Å². The van der Waals surface area contributed by atoms with Crippen LogP contribution in [0.25, 0.3) is 0 Å². The van der Waals surface area contributed by atoms with E-state index in [1.165, 1.54) is 43.4 Å². The molecule has 1 aliphatic carbocycles. The minimum atomic E-state index is 0.356. The fourth-order valence-corrected chi connectivity index (χ4v) is 3.14. The molecule has 1 aromatic heterocycles. The zero-order chi connectivity index (χ0) is 13.9. The lowest BCUT2D eigenvalue weighted by Gasteiger charge is -2.43. The Morgan fingerprint density at radius 2 is 2.00 bits per heavy atom. The van der Waals surface area contributed by atoms with E-state index in [4.69, 9.17) is 0 Å². The van der Waals surface area contributed by atoms with Crippen molar-refractivity contribution in [3.8, 4) is 0 Å². The highest BCUT2D eigenvalue weighted by Gasteiger charge is 2.33. The van der Waals surface area contributed by atoms with Gasteiger partial charge in [-0.15, -0.1) is 0 Å². The van der Waals surface area contributed by atoms with E-state index in [9.17, 15) is 0 Å². The Morgan fingerprint density at radius 1 is 1.32 bits per heavy atom. The molecule has 4 heteroatoms. The summed E-state index contributed by atoms with van der Waals surface area (Å²) in [5.74, 6) is 0. The van der Waals surface area contributed by atoms with Crippen molar-refractivity contribution in [2.45, 2.75) is 51.1 Å². The van der Waals surface area contributed by atoms with Crippen LogP contribution >= 0.6 is 0 Å². The van der Waals surface area contributed by atoms with Gasteiger partial charge < -0.3 is 10.2 Å². The molecular weight excluding hydrogens is 236 g/mol. The first-order valence-electron chi connectivity index (χ1n) is 7.41. The molecule has 2 rings (SSSR count). The van der Waals surface area contributed by atoms with E-state index in [2.05, 4.69) is 36.3 Å². The van der Waals surface area contributed by atoms with Crippen molar-refractivity contribution in [1.29, 1.82) is 0 Å². The Kier molecular flexibility index (Phi) is 4.63. The summed E-state index contributed by atoms with van der Waals surface area (Å²) in [7, 11) is 6.45. The lowest BCUT2D eigenvalue weighted by molar-refractivity contribution is 0.0984. The molecule has 0 aromatic carbocycles. The number of nitrogens with zero attached hydrogens (tertiary/aromatic N) is 3. The van der Waals surface area contributed by atoms with E-state index < -0.39 is 0 Å². The van der Waals surface area contributed by atoms with E-state index in [0.29, 0.717) is 5.54 Å². The molecule has 0 radical (unpaired) electrons. The highest BCUT2D eigenvalue weighted by Crippen LogP contribution is 2.31. The summed E-state index contributed by atoms with van der Waals surface area (Å²) in [6.07, 6.45) is 8.75. The Labute approximate surface area is 117 Å². The van der Waals surface area contributed by atoms with Gasteiger partial charge in [0.15, 0.2) is 0 Å². The average Bonchev–Trinajstić information content (AvgIpc) is 2.72. The van der Waals surface area contributed by atoms with Crippen molar-refractivity contribution >= 4 is 0 Å². The molecule has 1 heterocycles. The summed E-state index contributed by atoms with van der Waals surface area (Å²) in [6.45, 7) is 4.13. The number of aryl methyl sites for hydroxylation is 1. The Morgan fingerprint density at radius 3 is 2.53 bits per heavy atom. The minimum absolute atomic E-state index is 0.356. The Balaban J connectivity index is 1.91. The zero-order valence-electron chi connectivity index (χ0n) is 12.9. The van der Waals surface area contributed by atoms with E-state index in [0.717, 1.165) is 13.1 Å². The summed E-state index contributed by atoms with van der Waals surface area (Å²) < 4.78 is 1.94. The van der Waals surface area contributed by atoms with E-state index in [1.54, 1.807) is 0 Å². The highest BCUT2D eigenvalue weighted by atomic mass is 15.3. The molecule has 0 amide bonds. The van der Waals surface area contributed by atoms with Crippen LogP contribution in [0.1, 0.15) is 43.4 Å². The molecule has 1 aliphatic rings. The van der Waals surface area contributed by atoms with Gasteiger partial charge in [0.2, 0.25) is 0 Å². The number of aromatic nitrogens is 2. The molecule has 1 saturated carbocycles. The SMILES string of the molecule is Cc1c(CNCC2(N(C)C)CCCCC2)cnn1C. The van der Waals surface area contributed by atoms with E-state index >= 15 is 0 Å². The maximum Gasteiger partial charge on any atom is 0.0537 e. The summed E-state index contributed by atoms with van der Waals surface area (Å²) in [5.41, 5.74) is 2.93. The first-order chi connectivity index (χ1) is 9.05. The highest BCUT2D eigenvalue weighted by molar-refractivity contribution is 5.15. The quantitative estimate of drug-likeness (QED) is 0.884. The number of nitrogens with one attached hydrogen (secondary N) is 1. The van der Waals surface area contributed by atoms with Crippen LogP contribution in [0.2, 0.25) is 0 Å². The van der Waals surface area contributed by atoms with E-state index in [1.807, 2.05) is 17.9 Å². The lowest BCUT2D eigenvalue weighted by atomic mass is 9.80. The van der Waals surface area contributed by atoms with Crippen molar-refractivity contribution in [2.24, 2.45) is 7.05 Å². The molecule has 1 aromatic rings. The molecule has 0 aliphatic heterocycles. The van der Waals surface area contributed by atoms with Gasteiger partial charge in [-0.3, -0.25) is 4.68 Å². The second-order valence-electron chi connectivity index (χ2n) is 6.16. The largest absolute Gasteiger partial charge is 0.311 e. The molecule has 0 saturated heterocycles. The molecule has 1 fully saturated rings. The first kappa shape index (κ1) is 14.5. The standard InChI is InChI=1S/C15H28N4/c1-13-14(11-17-19(13)4)10-16-12-15(18(2)3)8-6-5-7-9-15/h11,16H,5-10,12H2,1-4H3. The molecule has 0 unspecified atom stereocenters. The van der Waals surface area contributed by atoms with Crippen molar-refractivity contribution in [2.75, 3.05) is 20.6 Å². The molecule has 0 atom stereocenters. The minimum Gasteiger partial charge on any atom is -0.311 e. The summed E-state index contributed by atoms with van der Waals surface area (Å²) in [5, 5.41) is 7.95. The van der Waals surface area contributed by atoms with Gasteiger partial charge in [-0.05, 0) is 33.9 Å². The fourth-order valence-electron chi connectivity index (χ4n) is 3.14. The topological polar surface area (TPSA) is 33.1 Å². The molecule has 1 N–H and O–H groups in total. The van der Waals surface area contributed by atoms with Gasteiger partial charge in [-0.25, -0.2) is 0 Å². The van der Waals surface area contributed by atoms with Crippen LogP contribution in [-0.2, 0) is 13.6 Å². The van der Waals surface area contributed by atoms with Crippen LogP contribution in [0, 0.1) is 6.92 Å². The third-order valence-corrected chi connectivity index (χ3v) is 4.84. The lowest BCUT2D eigenvalue weighted by Crippen LogP contribution is -2.52. The van der Waals surface area contributed by atoms with Crippen LogP contribution in [0.3, 0.4) is 0 Å². The smallest absolute Gasteiger partial charge is 0.0537 e. The van der Waals surface area contributed by atoms with Crippen molar-refractivity contribution in [1.82, 2.24) is 20.0 Å². The number of hydrogen-bond donors (Lipinski definition) is 1. The number of hydrogen-bond acceptors (Lipinski definition) is 3. The van der Waals surface area contributed by atoms with Crippen LogP contribution < -0.4 is 5.32 Å². The van der Waals surface area contributed by atoms with Crippen LogP contribution in [-0.4, -0.2) is 40.9 Å². The van der Waals surface area contributed by atoms with Crippen LogP contribution in [0.15, 0.2) is 6.20 Å². The van der Waals surface area contributed by atoms with Gasteiger partial charge >= 0.3 is 0 Å². The first-order valence-corrected chi connectivity index (χ1v) is 7.41. The van der Waals surface area contributed by atoms with Crippen molar-refractivity contribution in [3.63, 3.8) is 0 Å². The Bertz CT molecular complexity index is 402. The maximum absolute atomic E-state index is 4.30. The van der Waals surface area contributed by atoms with Crippen molar-refractivity contribution < 1.29 is 0 Å². The third kappa shape index (κ3) is 3.18. The second kappa shape index (κ2) is 6.06. The predicted octanol–water partition coefficient (Wildman–Crippen LogP) is 2.08. The van der Waals surface area contributed by atoms with Gasteiger partial charge in [0.1, 0.15) is 0 Å². The third-order valence-electron chi connectivity index (χ3n) is 4.84. The van der Waals surface area contributed by atoms with E-state index in [-0.39, 0.29) is 0 Å². The van der Waals surface area contributed by atoms with Gasteiger partial charge in [0, 0.05) is 36.9 Å². The monoisotopic (exact) mass is 264 g/mol. The molecule has 108 valence electrons. The van der Waals surface area contributed by atoms with Gasteiger partial charge in [-0.1, -0.05) is 19.3 Å². The normalized spacial score (nSPS) is 19.0. The van der Waals surface area contributed by atoms with Crippen molar-refractivity contribution in [3.05, 3.63) is 17.5 Å². The Hall–Kier alpha value is -0.870.